The normalized spacial score (nSPS) is 11.4. The number of nitrogens with one attached hydrogen (secondary N) is 3. The van der Waals surface area contributed by atoms with Crippen LogP contribution in [0.3, 0.4) is 0 Å². The van der Waals surface area contributed by atoms with Crippen LogP contribution in [0.25, 0.3) is 55.3 Å². The molecule has 37 heavy (non-hydrogen) atoms. The van der Waals surface area contributed by atoms with Gasteiger partial charge in [-0.2, -0.15) is 5.10 Å². The lowest BCUT2D eigenvalue weighted by Crippen LogP contribution is -2.11. The predicted molar refractivity (Wildman–Crippen MR) is 146 cm³/mol. The van der Waals surface area contributed by atoms with Gasteiger partial charge in [0.15, 0.2) is 11.5 Å². The first-order chi connectivity index (χ1) is 18.1. The summed E-state index contributed by atoms with van der Waals surface area (Å²) >= 11 is 1.71. The van der Waals surface area contributed by atoms with Gasteiger partial charge in [-0.1, -0.05) is 13.3 Å². The second-order valence-electron chi connectivity index (χ2n) is 8.86. The number of anilines is 1. The maximum absolute atomic E-state index is 12.2. The number of hydrogen-bond donors (Lipinski definition) is 3. The quantitative estimate of drug-likeness (QED) is 0.238. The molecule has 1 amide bonds. The minimum atomic E-state index is -0.0159. The number of pyridine rings is 3. The molecule has 10 heteroatoms. The molecule has 184 valence electrons. The minimum Gasteiger partial charge on any atom is -0.335 e. The van der Waals surface area contributed by atoms with Crippen molar-refractivity contribution in [2.24, 2.45) is 0 Å². The van der Waals surface area contributed by atoms with E-state index in [1.54, 1.807) is 29.9 Å². The smallest absolute Gasteiger partial charge is 0.224 e. The molecule has 0 radical (unpaired) electrons. The van der Waals surface area contributed by atoms with Crippen LogP contribution < -0.4 is 5.32 Å². The molecule has 3 N–H and O–H groups in total. The molecule has 0 saturated carbocycles. The van der Waals surface area contributed by atoms with Crippen LogP contribution in [0, 0.1) is 6.92 Å². The van der Waals surface area contributed by atoms with Crippen molar-refractivity contribution >= 4 is 45.0 Å². The highest BCUT2D eigenvalue weighted by Gasteiger charge is 2.18. The summed E-state index contributed by atoms with van der Waals surface area (Å²) in [6.45, 7) is 4.15. The van der Waals surface area contributed by atoms with Gasteiger partial charge >= 0.3 is 0 Å². The van der Waals surface area contributed by atoms with E-state index in [0.29, 0.717) is 29.1 Å². The molecule has 6 aromatic rings. The minimum absolute atomic E-state index is 0.0159. The van der Waals surface area contributed by atoms with Crippen molar-refractivity contribution in [3.63, 3.8) is 0 Å². The summed E-state index contributed by atoms with van der Waals surface area (Å²) in [5, 5.41) is 10.5. The number of imidazole rings is 1. The third-order valence-electron chi connectivity index (χ3n) is 6.11. The number of H-pyrrole nitrogens is 2. The van der Waals surface area contributed by atoms with E-state index in [1.807, 2.05) is 24.4 Å². The van der Waals surface area contributed by atoms with Gasteiger partial charge in [-0.05, 0) is 43.7 Å². The van der Waals surface area contributed by atoms with Crippen LogP contribution in [0.4, 0.5) is 5.69 Å². The number of carbonyl (C=O) groups excluding carboxylic acids is 1. The van der Waals surface area contributed by atoms with E-state index in [1.165, 1.54) is 4.88 Å². The lowest BCUT2D eigenvalue weighted by molar-refractivity contribution is -0.116. The van der Waals surface area contributed by atoms with Gasteiger partial charge in [0.1, 0.15) is 11.0 Å². The summed E-state index contributed by atoms with van der Waals surface area (Å²) in [5.74, 6) is 0.598. The molecule has 0 atom stereocenters. The van der Waals surface area contributed by atoms with E-state index >= 15 is 0 Å². The fraction of sp³-hybridized carbons (Fsp3) is 0.185. The molecule has 0 saturated heterocycles. The second kappa shape index (κ2) is 9.55. The first kappa shape index (κ1) is 23.0. The first-order valence-corrected chi connectivity index (χ1v) is 12.9. The Balaban J connectivity index is 1.37. The number of aryl methyl sites for hydroxylation is 1. The average Bonchev–Trinajstić information content (AvgIpc) is 3.64. The molecule has 0 fully saturated rings. The van der Waals surface area contributed by atoms with Crippen LogP contribution in [0.5, 0.6) is 0 Å². The third-order valence-corrected chi connectivity index (χ3v) is 7.14. The molecule has 0 aliphatic heterocycles. The highest BCUT2D eigenvalue weighted by Crippen LogP contribution is 2.34. The van der Waals surface area contributed by atoms with Crippen molar-refractivity contribution in [2.45, 2.75) is 33.1 Å². The first-order valence-electron chi connectivity index (χ1n) is 12.1. The number of nitrogens with zero attached hydrogens (tertiary/aromatic N) is 5. The van der Waals surface area contributed by atoms with Crippen LogP contribution in [-0.4, -0.2) is 41.0 Å². The van der Waals surface area contributed by atoms with Gasteiger partial charge in [0.05, 0.1) is 34.8 Å². The van der Waals surface area contributed by atoms with Gasteiger partial charge in [0.25, 0.3) is 0 Å². The summed E-state index contributed by atoms with van der Waals surface area (Å²) < 4.78 is 0. The number of thiophene rings is 1. The summed E-state index contributed by atoms with van der Waals surface area (Å²) in [5.41, 5.74) is 6.93. The molecule has 0 bridgehead atoms. The summed E-state index contributed by atoms with van der Waals surface area (Å²) in [4.78, 5) is 36.4. The van der Waals surface area contributed by atoms with Crippen molar-refractivity contribution < 1.29 is 4.79 Å². The van der Waals surface area contributed by atoms with Crippen molar-refractivity contribution in [2.75, 3.05) is 5.32 Å². The zero-order valence-corrected chi connectivity index (χ0v) is 21.2. The van der Waals surface area contributed by atoms with Gasteiger partial charge in [0.2, 0.25) is 5.91 Å². The molecule has 6 aromatic heterocycles. The second-order valence-corrected chi connectivity index (χ2v) is 10.1. The van der Waals surface area contributed by atoms with Crippen LogP contribution in [0.1, 0.15) is 31.1 Å². The number of carbonyl (C=O) groups is 1. The maximum atomic E-state index is 12.2. The van der Waals surface area contributed by atoms with Gasteiger partial charge in [-0.25, -0.2) is 9.97 Å². The average molecular weight is 509 g/mol. The van der Waals surface area contributed by atoms with E-state index in [-0.39, 0.29) is 5.91 Å². The highest BCUT2D eigenvalue weighted by atomic mass is 32.1. The van der Waals surface area contributed by atoms with Crippen molar-refractivity contribution in [3.05, 3.63) is 60.0 Å². The maximum Gasteiger partial charge on any atom is 0.224 e. The Morgan fingerprint density at radius 1 is 1.00 bits per heavy atom. The number of hydrogen-bond acceptors (Lipinski definition) is 7. The number of aromatic amines is 2. The molecule has 0 spiro atoms. The zero-order chi connectivity index (χ0) is 25.4. The van der Waals surface area contributed by atoms with Crippen molar-refractivity contribution in [1.29, 1.82) is 0 Å². The highest BCUT2D eigenvalue weighted by molar-refractivity contribution is 7.15. The molecule has 0 aliphatic carbocycles. The lowest BCUT2D eigenvalue weighted by Gasteiger charge is -2.07. The van der Waals surface area contributed by atoms with E-state index in [0.717, 1.165) is 51.1 Å². The lowest BCUT2D eigenvalue weighted by atomic mass is 10.1. The summed E-state index contributed by atoms with van der Waals surface area (Å²) in [6, 6.07) is 9.91. The molecular formula is C27H24N8OS. The van der Waals surface area contributed by atoms with E-state index in [2.05, 4.69) is 56.4 Å². The number of amides is 1. The molecule has 6 heterocycles. The Morgan fingerprint density at radius 3 is 2.73 bits per heavy atom. The van der Waals surface area contributed by atoms with Crippen LogP contribution in [-0.2, 0) is 4.79 Å². The molecule has 6 rings (SSSR count). The topological polar surface area (TPSA) is 125 Å². The van der Waals surface area contributed by atoms with Crippen LogP contribution in [0.2, 0.25) is 0 Å². The fourth-order valence-corrected chi connectivity index (χ4v) is 5.12. The van der Waals surface area contributed by atoms with Crippen molar-refractivity contribution in [1.82, 2.24) is 35.1 Å². The Bertz CT molecular complexity index is 1750. The van der Waals surface area contributed by atoms with E-state index in [4.69, 9.17) is 9.97 Å². The number of aromatic nitrogens is 7. The number of rotatable bonds is 7. The standard InChI is InChI=1S/C27H24N8OS/c1-3-4-5-23(36)30-17-10-16(11-28-12-17)19-7-8-20-25(31-19)26(35-34-20)27-32-21-14-29-13-18(24(21)33-27)22-9-6-15(2)37-22/h6-14H,3-5H2,1-2H3,(H,30,36)(H,32,33)(H,34,35). The Labute approximate surface area is 216 Å². The molecular weight excluding hydrogens is 484 g/mol. The van der Waals surface area contributed by atoms with E-state index in [9.17, 15) is 4.79 Å². The van der Waals surface area contributed by atoms with Crippen molar-refractivity contribution in [3.8, 4) is 33.2 Å². The van der Waals surface area contributed by atoms with Crippen LogP contribution in [0.15, 0.2) is 55.1 Å². The van der Waals surface area contributed by atoms with Gasteiger partial charge in [-0.15, -0.1) is 11.3 Å². The molecule has 9 nitrogen and oxygen atoms in total. The largest absolute Gasteiger partial charge is 0.335 e. The number of unbranched alkanes of at least 4 members (excludes halogenated alkanes) is 1. The van der Waals surface area contributed by atoms with Gasteiger partial charge < -0.3 is 10.3 Å². The Morgan fingerprint density at radius 2 is 1.89 bits per heavy atom. The SMILES string of the molecule is CCCCC(=O)Nc1cncc(-c2ccc3[nH]nc(-c4nc5c(-c6ccc(C)s6)cncc5[nH]4)c3n2)c1. The molecule has 0 unspecified atom stereocenters. The predicted octanol–water partition coefficient (Wildman–Crippen LogP) is 6.12. The Kier molecular flexibility index (Phi) is 5.93. The van der Waals surface area contributed by atoms with Crippen LogP contribution >= 0.6 is 11.3 Å². The monoisotopic (exact) mass is 508 g/mol. The van der Waals surface area contributed by atoms with Gasteiger partial charge in [-0.3, -0.25) is 19.9 Å². The fourth-order valence-electron chi connectivity index (χ4n) is 4.24. The van der Waals surface area contributed by atoms with Gasteiger partial charge in [0, 0.05) is 39.7 Å². The third kappa shape index (κ3) is 4.47. The molecule has 0 aromatic carbocycles. The number of fused-ring (bicyclic) bond motifs is 2. The molecule has 0 aliphatic rings. The zero-order valence-electron chi connectivity index (χ0n) is 20.4. The summed E-state index contributed by atoms with van der Waals surface area (Å²) in [7, 11) is 0. The summed E-state index contributed by atoms with van der Waals surface area (Å²) in [6.07, 6.45) is 9.31. The van der Waals surface area contributed by atoms with E-state index < -0.39 is 0 Å². The Hall–Kier alpha value is -4.44.